The Morgan fingerprint density at radius 3 is 2.33 bits per heavy atom. The van der Waals surface area contributed by atoms with Crippen LogP contribution < -0.4 is 0 Å². The van der Waals surface area contributed by atoms with Crippen LogP contribution in [0.2, 0.25) is 0 Å². The van der Waals surface area contributed by atoms with Crippen LogP contribution in [0.5, 0.6) is 0 Å². The maximum atomic E-state index is 3.86. The fraction of sp³-hybridized carbons (Fsp3) is 0.733. The van der Waals surface area contributed by atoms with Crippen molar-refractivity contribution < 1.29 is 0 Å². The van der Waals surface area contributed by atoms with E-state index in [-0.39, 0.29) is 0 Å². The minimum Gasteiger partial charge on any atom is -0.103 e. The quantitative estimate of drug-likeness (QED) is 0.375. The first-order valence-electron chi connectivity index (χ1n) is 6.35. The SMILES string of the molecule is [CH2]C#CCCCC(C)CCCCCC[CH2]. The monoisotopic (exact) mass is 206 g/mol. The van der Waals surface area contributed by atoms with E-state index in [2.05, 4.69) is 32.6 Å². The lowest BCUT2D eigenvalue weighted by Crippen LogP contribution is -1.94. The van der Waals surface area contributed by atoms with Crippen molar-refractivity contribution >= 4 is 0 Å². The van der Waals surface area contributed by atoms with Gasteiger partial charge in [-0.15, -0.1) is 11.8 Å². The molecule has 15 heavy (non-hydrogen) atoms. The van der Waals surface area contributed by atoms with Crippen molar-refractivity contribution in [3.63, 3.8) is 0 Å². The fourth-order valence-corrected chi connectivity index (χ4v) is 1.79. The summed E-state index contributed by atoms with van der Waals surface area (Å²) in [5, 5.41) is 0. The highest BCUT2D eigenvalue weighted by Crippen LogP contribution is 2.16. The molecule has 0 aromatic rings. The molecule has 1 atom stereocenters. The van der Waals surface area contributed by atoms with Gasteiger partial charge in [0.2, 0.25) is 0 Å². The topological polar surface area (TPSA) is 0 Å². The fourth-order valence-electron chi connectivity index (χ4n) is 1.79. The Kier molecular flexibility index (Phi) is 11.3. The summed E-state index contributed by atoms with van der Waals surface area (Å²) in [6.45, 7) is 9.73. The number of rotatable bonds is 9. The summed E-state index contributed by atoms with van der Waals surface area (Å²) in [7, 11) is 0. The summed E-state index contributed by atoms with van der Waals surface area (Å²) in [6.07, 6.45) is 11.5. The molecule has 0 aromatic heterocycles. The van der Waals surface area contributed by atoms with E-state index >= 15 is 0 Å². The Labute approximate surface area is 96.8 Å². The van der Waals surface area contributed by atoms with Crippen LogP contribution in [0, 0.1) is 31.6 Å². The van der Waals surface area contributed by atoms with E-state index in [0.717, 1.165) is 18.8 Å². The summed E-state index contributed by atoms with van der Waals surface area (Å²) in [4.78, 5) is 0. The van der Waals surface area contributed by atoms with Gasteiger partial charge in [-0.3, -0.25) is 0 Å². The third-order valence-electron chi connectivity index (χ3n) is 2.82. The second-order valence-electron chi connectivity index (χ2n) is 4.41. The van der Waals surface area contributed by atoms with Crippen molar-refractivity contribution in [3.05, 3.63) is 13.8 Å². The van der Waals surface area contributed by atoms with Gasteiger partial charge in [-0.25, -0.2) is 0 Å². The molecule has 0 rings (SSSR count). The van der Waals surface area contributed by atoms with Crippen molar-refractivity contribution in [2.45, 2.75) is 64.7 Å². The normalized spacial score (nSPS) is 11.9. The first-order valence-corrected chi connectivity index (χ1v) is 6.35. The van der Waals surface area contributed by atoms with Crippen molar-refractivity contribution in [3.8, 4) is 11.8 Å². The first kappa shape index (κ1) is 14.6. The van der Waals surface area contributed by atoms with Crippen molar-refractivity contribution in [2.75, 3.05) is 0 Å². The zero-order valence-electron chi connectivity index (χ0n) is 10.4. The van der Waals surface area contributed by atoms with Gasteiger partial charge in [0.05, 0.1) is 0 Å². The molecule has 0 aliphatic heterocycles. The second kappa shape index (κ2) is 11.6. The Hall–Kier alpha value is -0.440. The van der Waals surface area contributed by atoms with Crippen LogP contribution in [0.15, 0.2) is 0 Å². The average molecular weight is 206 g/mol. The Bertz CT molecular complexity index is 170. The second-order valence-corrected chi connectivity index (χ2v) is 4.41. The van der Waals surface area contributed by atoms with Crippen molar-refractivity contribution in [1.29, 1.82) is 0 Å². The molecule has 86 valence electrons. The van der Waals surface area contributed by atoms with E-state index in [4.69, 9.17) is 0 Å². The van der Waals surface area contributed by atoms with Crippen LogP contribution in [0.1, 0.15) is 64.7 Å². The van der Waals surface area contributed by atoms with Gasteiger partial charge in [-0.05, 0) is 18.8 Å². The lowest BCUT2D eigenvalue weighted by molar-refractivity contribution is 0.448. The Morgan fingerprint density at radius 1 is 1.00 bits per heavy atom. The van der Waals surface area contributed by atoms with E-state index < -0.39 is 0 Å². The van der Waals surface area contributed by atoms with Crippen molar-refractivity contribution in [2.24, 2.45) is 5.92 Å². The minimum atomic E-state index is 0.872. The van der Waals surface area contributed by atoms with E-state index in [9.17, 15) is 0 Å². The molecule has 0 heteroatoms. The minimum absolute atomic E-state index is 0.872. The lowest BCUT2D eigenvalue weighted by atomic mass is 9.97. The smallest absolute Gasteiger partial charge is 0.0198 e. The highest BCUT2D eigenvalue weighted by atomic mass is 14.1. The molecular formula is C15H26. The summed E-state index contributed by atoms with van der Waals surface area (Å²) < 4.78 is 0. The molecule has 0 amide bonds. The number of unbranched alkanes of at least 4 members (excludes halogenated alkanes) is 5. The first-order chi connectivity index (χ1) is 7.31. The standard InChI is InChI=1S/C15H26/c1-4-6-8-10-12-14-15(3)13-11-9-7-5-2/h15H,1-2,4,6,8-14H2,3H3. The maximum Gasteiger partial charge on any atom is 0.0198 e. The number of hydrogen-bond acceptors (Lipinski definition) is 0. The molecule has 0 saturated heterocycles. The maximum absolute atomic E-state index is 3.86. The zero-order valence-corrected chi connectivity index (χ0v) is 10.4. The Balaban J connectivity index is 3.17. The van der Waals surface area contributed by atoms with E-state index in [1.54, 1.807) is 0 Å². The predicted octanol–water partition coefficient (Wildman–Crippen LogP) is 4.80. The molecular weight excluding hydrogens is 180 g/mol. The van der Waals surface area contributed by atoms with E-state index in [0.29, 0.717) is 0 Å². The lowest BCUT2D eigenvalue weighted by Gasteiger charge is -2.09. The van der Waals surface area contributed by atoms with Crippen LogP contribution in [0.25, 0.3) is 0 Å². The highest BCUT2D eigenvalue weighted by molar-refractivity contribution is 5.00. The van der Waals surface area contributed by atoms with Gasteiger partial charge in [0.1, 0.15) is 0 Å². The predicted molar refractivity (Wildman–Crippen MR) is 69.2 cm³/mol. The van der Waals surface area contributed by atoms with Gasteiger partial charge < -0.3 is 0 Å². The molecule has 1 unspecified atom stereocenters. The molecule has 0 nitrogen and oxygen atoms in total. The average Bonchev–Trinajstić information content (AvgIpc) is 2.24. The summed E-state index contributed by atoms with van der Waals surface area (Å²) in [5.74, 6) is 6.59. The van der Waals surface area contributed by atoms with Gasteiger partial charge in [-0.1, -0.05) is 52.4 Å². The molecule has 0 spiro atoms. The van der Waals surface area contributed by atoms with Gasteiger partial charge in [-0.2, -0.15) is 0 Å². The molecule has 0 bridgehead atoms. The molecule has 0 aliphatic carbocycles. The van der Waals surface area contributed by atoms with Gasteiger partial charge in [0.25, 0.3) is 0 Å². The van der Waals surface area contributed by atoms with Crippen LogP contribution in [0.4, 0.5) is 0 Å². The van der Waals surface area contributed by atoms with Crippen molar-refractivity contribution in [1.82, 2.24) is 0 Å². The van der Waals surface area contributed by atoms with Crippen LogP contribution in [-0.4, -0.2) is 0 Å². The van der Waals surface area contributed by atoms with Crippen LogP contribution in [-0.2, 0) is 0 Å². The van der Waals surface area contributed by atoms with Gasteiger partial charge >= 0.3 is 0 Å². The zero-order chi connectivity index (χ0) is 11.4. The van der Waals surface area contributed by atoms with E-state index in [1.807, 2.05) is 0 Å². The molecule has 2 radical (unpaired) electrons. The summed E-state index contributed by atoms with van der Waals surface area (Å²) in [6, 6.07) is 0. The molecule has 0 aliphatic rings. The molecule has 0 fully saturated rings. The van der Waals surface area contributed by atoms with Crippen LogP contribution in [0.3, 0.4) is 0 Å². The highest BCUT2D eigenvalue weighted by Gasteiger charge is 2.00. The largest absolute Gasteiger partial charge is 0.103 e. The molecule has 0 N–H and O–H groups in total. The summed E-state index contributed by atoms with van der Waals surface area (Å²) in [5.41, 5.74) is 0. The van der Waals surface area contributed by atoms with Gasteiger partial charge in [0.15, 0.2) is 0 Å². The summed E-state index contributed by atoms with van der Waals surface area (Å²) >= 11 is 0. The molecule has 0 aromatic carbocycles. The molecule has 0 saturated carbocycles. The number of hydrogen-bond donors (Lipinski definition) is 0. The van der Waals surface area contributed by atoms with Gasteiger partial charge in [0, 0.05) is 13.3 Å². The third kappa shape index (κ3) is 11.5. The Morgan fingerprint density at radius 2 is 1.67 bits per heavy atom. The third-order valence-corrected chi connectivity index (χ3v) is 2.82. The molecule has 0 heterocycles. The van der Waals surface area contributed by atoms with E-state index in [1.165, 1.54) is 44.9 Å². The van der Waals surface area contributed by atoms with Crippen LogP contribution >= 0.6 is 0 Å².